The Hall–Kier alpha value is -0.610. The minimum Gasteiger partial charge on any atom is -0.481 e. The summed E-state index contributed by atoms with van der Waals surface area (Å²) >= 11 is 0. The lowest BCUT2D eigenvalue weighted by Crippen LogP contribution is -2.32. The molecule has 0 aliphatic carbocycles. The number of aliphatic hydroxyl groups is 1. The van der Waals surface area contributed by atoms with E-state index in [0.29, 0.717) is 6.42 Å². The lowest BCUT2D eigenvalue weighted by molar-refractivity contribution is -0.142. The molecule has 1 aliphatic rings. The number of ether oxygens (including phenoxy) is 1. The fourth-order valence-corrected chi connectivity index (χ4v) is 1.36. The van der Waals surface area contributed by atoms with Crippen LogP contribution in [0.2, 0.25) is 0 Å². The highest BCUT2D eigenvalue weighted by Crippen LogP contribution is 2.26. The van der Waals surface area contributed by atoms with Gasteiger partial charge in [-0.1, -0.05) is 0 Å². The summed E-state index contributed by atoms with van der Waals surface area (Å²) in [6.07, 6.45) is 0.163. The van der Waals surface area contributed by atoms with Gasteiger partial charge in [-0.05, 0) is 6.92 Å². The summed E-state index contributed by atoms with van der Waals surface area (Å²) in [5.74, 6) is -0.981. The van der Waals surface area contributed by atoms with Gasteiger partial charge >= 0.3 is 5.97 Å². The topological polar surface area (TPSA) is 66.8 Å². The van der Waals surface area contributed by atoms with Crippen molar-refractivity contribution >= 4 is 5.97 Å². The van der Waals surface area contributed by atoms with E-state index in [-0.39, 0.29) is 19.1 Å². The van der Waals surface area contributed by atoms with Gasteiger partial charge in [0.1, 0.15) is 5.60 Å². The Morgan fingerprint density at radius 2 is 2.45 bits per heavy atom. The predicted octanol–water partition coefficient (Wildman–Crippen LogP) is 0.00100. The first kappa shape index (κ1) is 8.49. The number of rotatable bonds is 2. The van der Waals surface area contributed by atoms with E-state index in [9.17, 15) is 9.90 Å². The summed E-state index contributed by atoms with van der Waals surface area (Å²) in [4.78, 5) is 10.3. The fourth-order valence-electron chi connectivity index (χ4n) is 1.36. The molecule has 1 fully saturated rings. The molecule has 2 N–H and O–H groups in total. The summed E-state index contributed by atoms with van der Waals surface area (Å²) in [6, 6.07) is 0. The van der Waals surface area contributed by atoms with Gasteiger partial charge in [0.25, 0.3) is 0 Å². The molecule has 2 atom stereocenters. The van der Waals surface area contributed by atoms with Gasteiger partial charge in [-0.15, -0.1) is 0 Å². The third-order valence-corrected chi connectivity index (χ3v) is 1.78. The average Bonchev–Trinajstić information content (AvgIpc) is 2.08. The fraction of sp³-hybridized carbons (Fsp3) is 0.857. The van der Waals surface area contributed by atoms with Crippen molar-refractivity contribution in [2.75, 3.05) is 6.61 Å². The molecule has 0 saturated carbocycles. The number of carboxylic acid groups (broad SMARTS) is 1. The summed E-state index contributed by atoms with van der Waals surface area (Å²) in [5, 5.41) is 17.9. The van der Waals surface area contributed by atoms with Crippen molar-refractivity contribution in [3.63, 3.8) is 0 Å². The van der Waals surface area contributed by atoms with E-state index < -0.39 is 11.6 Å². The van der Waals surface area contributed by atoms with Gasteiger partial charge in [-0.25, -0.2) is 0 Å². The molecule has 0 spiro atoms. The quantitative estimate of drug-likeness (QED) is 0.596. The highest BCUT2D eigenvalue weighted by Gasteiger charge is 2.38. The van der Waals surface area contributed by atoms with Gasteiger partial charge in [-0.3, -0.25) is 4.79 Å². The monoisotopic (exact) mass is 160 g/mol. The Labute approximate surface area is 64.8 Å². The van der Waals surface area contributed by atoms with E-state index in [0.717, 1.165) is 0 Å². The molecule has 64 valence electrons. The third-order valence-electron chi connectivity index (χ3n) is 1.78. The molecule has 0 aromatic heterocycles. The van der Waals surface area contributed by atoms with Crippen LogP contribution in [0.3, 0.4) is 0 Å². The second-order valence-corrected chi connectivity index (χ2v) is 3.12. The van der Waals surface area contributed by atoms with E-state index in [1.54, 1.807) is 0 Å². The van der Waals surface area contributed by atoms with Crippen molar-refractivity contribution in [2.24, 2.45) is 0 Å². The lowest BCUT2D eigenvalue weighted by Gasteiger charge is -2.16. The maximum atomic E-state index is 10.3. The molecule has 0 aromatic rings. The van der Waals surface area contributed by atoms with Crippen LogP contribution in [0.25, 0.3) is 0 Å². The van der Waals surface area contributed by atoms with E-state index in [1.165, 1.54) is 0 Å². The minimum atomic E-state index is -1.13. The molecule has 0 amide bonds. The van der Waals surface area contributed by atoms with Gasteiger partial charge < -0.3 is 14.9 Å². The van der Waals surface area contributed by atoms with Crippen LogP contribution in [-0.4, -0.2) is 34.5 Å². The number of hydrogen-bond donors (Lipinski definition) is 2. The summed E-state index contributed by atoms with van der Waals surface area (Å²) in [7, 11) is 0. The smallest absolute Gasteiger partial charge is 0.306 e. The lowest BCUT2D eigenvalue weighted by atomic mass is 9.97. The van der Waals surface area contributed by atoms with Crippen LogP contribution in [0, 0.1) is 0 Å². The van der Waals surface area contributed by atoms with Crippen LogP contribution in [0.1, 0.15) is 19.8 Å². The van der Waals surface area contributed by atoms with Crippen molar-refractivity contribution in [3.05, 3.63) is 0 Å². The van der Waals surface area contributed by atoms with Gasteiger partial charge in [-0.2, -0.15) is 0 Å². The molecule has 1 heterocycles. The molecular weight excluding hydrogens is 148 g/mol. The van der Waals surface area contributed by atoms with Gasteiger partial charge in [0.2, 0.25) is 0 Å². The van der Waals surface area contributed by atoms with E-state index in [1.807, 2.05) is 6.92 Å². The van der Waals surface area contributed by atoms with Crippen LogP contribution >= 0.6 is 0 Å². The summed E-state index contributed by atoms with van der Waals surface area (Å²) in [5.41, 5.74) is -1.13. The van der Waals surface area contributed by atoms with Gasteiger partial charge in [0.05, 0.1) is 19.1 Å². The molecule has 0 aromatic carbocycles. The maximum absolute atomic E-state index is 10.3. The Morgan fingerprint density at radius 1 is 1.82 bits per heavy atom. The van der Waals surface area contributed by atoms with Gasteiger partial charge in [0, 0.05) is 6.42 Å². The Bertz CT molecular complexity index is 168. The zero-order valence-corrected chi connectivity index (χ0v) is 6.41. The van der Waals surface area contributed by atoms with Crippen molar-refractivity contribution in [1.29, 1.82) is 0 Å². The summed E-state index contributed by atoms with van der Waals surface area (Å²) < 4.78 is 5.06. The predicted molar refractivity (Wildman–Crippen MR) is 37.2 cm³/mol. The normalized spacial score (nSPS) is 37.5. The second kappa shape index (κ2) is 2.79. The highest BCUT2D eigenvalue weighted by atomic mass is 16.5. The molecular formula is C7H12O4. The highest BCUT2D eigenvalue weighted by molar-refractivity contribution is 5.68. The van der Waals surface area contributed by atoms with Crippen molar-refractivity contribution in [2.45, 2.75) is 31.5 Å². The molecule has 4 heteroatoms. The van der Waals surface area contributed by atoms with Crippen LogP contribution in [0.15, 0.2) is 0 Å². The average molecular weight is 160 g/mol. The minimum absolute atomic E-state index is 0.0284. The van der Waals surface area contributed by atoms with Crippen molar-refractivity contribution < 1.29 is 19.7 Å². The summed E-state index contributed by atoms with van der Waals surface area (Å²) in [6.45, 7) is 1.96. The first-order chi connectivity index (χ1) is 5.02. The molecule has 1 saturated heterocycles. The number of hydrogen-bond acceptors (Lipinski definition) is 3. The van der Waals surface area contributed by atoms with Crippen LogP contribution in [0.5, 0.6) is 0 Å². The zero-order chi connectivity index (χ0) is 8.48. The molecule has 0 bridgehead atoms. The zero-order valence-electron chi connectivity index (χ0n) is 6.41. The van der Waals surface area contributed by atoms with E-state index in [2.05, 4.69) is 0 Å². The van der Waals surface area contributed by atoms with Gasteiger partial charge in [0.15, 0.2) is 0 Å². The Morgan fingerprint density at radius 3 is 2.82 bits per heavy atom. The van der Waals surface area contributed by atoms with Crippen LogP contribution < -0.4 is 0 Å². The SMILES string of the molecule is CC1CC(O)(CC(=O)O)CO1. The standard InChI is InChI=1S/C7H12O4/c1-5-2-7(10,4-11-5)3-6(8)9/h5,10H,2-4H2,1H3,(H,8,9). The van der Waals surface area contributed by atoms with Crippen LogP contribution in [0.4, 0.5) is 0 Å². The first-order valence-corrected chi connectivity index (χ1v) is 3.58. The molecule has 1 rings (SSSR count). The molecule has 4 nitrogen and oxygen atoms in total. The number of carbonyl (C=O) groups is 1. The maximum Gasteiger partial charge on any atom is 0.306 e. The largest absolute Gasteiger partial charge is 0.481 e. The Balaban J connectivity index is 2.48. The van der Waals surface area contributed by atoms with Crippen LogP contribution in [-0.2, 0) is 9.53 Å². The Kier molecular flexibility index (Phi) is 2.15. The molecule has 0 radical (unpaired) electrons. The third kappa shape index (κ3) is 2.17. The van der Waals surface area contributed by atoms with E-state index >= 15 is 0 Å². The number of aliphatic carboxylic acids is 1. The second-order valence-electron chi connectivity index (χ2n) is 3.12. The first-order valence-electron chi connectivity index (χ1n) is 3.58. The molecule has 2 unspecified atom stereocenters. The van der Waals surface area contributed by atoms with E-state index in [4.69, 9.17) is 9.84 Å². The van der Waals surface area contributed by atoms with Crippen molar-refractivity contribution in [1.82, 2.24) is 0 Å². The number of carboxylic acids is 1. The molecule has 1 aliphatic heterocycles. The molecule has 11 heavy (non-hydrogen) atoms. The van der Waals surface area contributed by atoms with Crippen molar-refractivity contribution in [3.8, 4) is 0 Å².